The van der Waals surface area contributed by atoms with Crippen LogP contribution in [0.25, 0.3) is 0 Å². The van der Waals surface area contributed by atoms with Gasteiger partial charge < -0.3 is 5.73 Å². The van der Waals surface area contributed by atoms with Crippen LogP contribution in [-0.4, -0.2) is 6.04 Å². The molecule has 0 amide bonds. The van der Waals surface area contributed by atoms with Gasteiger partial charge in [0.05, 0.1) is 0 Å². The number of rotatable bonds is 4. The number of hydrogen-bond donors (Lipinski definition) is 1. The van der Waals surface area contributed by atoms with Gasteiger partial charge >= 0.3 is 0 Å². The van der Waals surface area contributed by atoms with E-state index in [1.165, 1.54) is 6.07 Å². The van der Waals surface area contributed by atoms with E-state index >= 15 is 0 Å². The van der Waals surface area contributed by atoms with E-state index in [9.17, 15) is 4.39 Å². The third-order valence-corrected chi connectivity index (χ3v) is 3.21. The van der Waals surface area contributed by atoms with E-state index in [0.717, 1.165) is 17.3 Å². The van der Waals surface area contributed by atoms with E-state index in [1.54, 1.807) is 6.07 Å². The maximum atomic E-state index is 13.6. The van der Waals surface area contributed by atoms with Crippen molar-refractivity contribution in [3.63, 3.8) is 0 Å². The van der Waals surface area contributed by atoms with Crippen molar-refractivity contribution < 1.29 is 4.39 Å². The number of benzene rings is 1. The average molecular weight is 274 g/mol. The highest BCUT2D eigenvalue weighted by molar-refractivity contribution is 9.10. The fourth-order valence-corrected chi connectivity index (χ4v) is 2.02. The third kappa shape index (κ3) is 3.28. The Balaban J connectivity index is 2.86. The van der Waals surface area contributed by atoms with Crippen LogP contribution >= 0.6 is 15.9 Å². The monoisotopic (exact) mass is 273 g/mol. The minimum absolute atomic E-state index is 0.0330. The molecule has 0 aliphatic rings. The van der Waals surface area contributed by atoms with Crippen LogP contribution in [0.4, 0.5) is 4.39 Å². The van der Waals surface area contributed by atoms with Gasteiger partial charge in [0.2, 0.25) is 0 Å². The average Bonchev–Trinajstić information content (AvgIpc) is 2.17. The summed E-state index contributed by atoms with van der Waals surface area (Å²) in [5.41, 5.74) is 6.70. The van der Waals surface area contributed by atoms with Crippen LogP contribution < -0.4 is 5.73 Å². The lowest BCUT2D eigenvalue weighted by molar-refractivity contribution is 0.497. The molecule has 0 aliphatic carbocycles. The van der Waals surface area contributed by atoms with Gasteiger partial charge in [-0.3, -0.25) is 0 Å². The lowest BCUT2D eigenvalue weighted by Gasteiger charge is -2.20. The molecule has 15 heavy (non-hydrogen) atoms. The molecule has 3 heteroatoms. The second kappa shape index (κ2) is 5.61. The summed E-state index contributed by atoms with van der Waals surface area (Å²) in [4.78, 5) is 0. The minimum Gasteiger partial charge on any atom is -0.327 e. The maximum Gasteiger partial charge on any atom is 0.127 e. The molecule has 2 unspecified atom stereocenters. The lowest BCUT2D eigenvalue weighted by Crippen LogP contribution is -2.26. The summed E-state index contributed by atoms with van der Waals surface area (Å²) >= 11 is 3.24. The van der Waals surface area contributed by atoms with Crippen molar-refractivity contribution >= 4 is 15.9 Å². The first-order valence-electron chi connectivity index (χ1n) is 5.26. The summed E-state index contributed by atoms with van der Waals surface area (Å²) < 4.78 is 14.4. The smallest absolute Gasteiger partial charge is 0.127 e. The zero-order valence-electron chi connectivity index (χ0n) is 9.13. The van der Waals surface area contributed by atoms with E-state index in [0.29, 0.717) is 5.56 Å². The van der Waals surface area contributed by atoms with E-state index in [2.05, 4.69) is 22.9 Å². The number of nitrogens with two attached hydrogens (primary N) is 1. The van der Waals surface area contributed by atoms with Crippen molar-refractivity contribution in [3.05, 3.63) is 34.1 Å². The summed E-state index contributed by atoms with van der Waals surface area (Å²) in [7, 11) is 0. The van der Waals surface area contributed by atoms with Gasteiger partial charge in [-0.1, -0.05) is 42.3 Å². The number of hydrogen-bond acceptors (Lipinski definition) is 1. The van der Waals surface area contributed by atoms with Gasteiger partial charge in [0, 0.05) is 10.5 Å². The highest BCUT2D eigenvalue weighted by atomic mass is 79.9. The van der Waals surface area contributed by atoms with Gasteiger partial charge in [0.1, 0.15) is 5.82 Å². The molecular weight excluding hydrogens is 257 g/mol. The van der Waals surface area contributed by atoms with E-state index in [1.807, 2.05) is 13.0 Å². The molecule has 1 rings (SSSR count). The van der Waals surface area contributed by atoms with Crippen molar-refractivity contribution in [3.8, 4) is 0 Å². The van der Waals surface area contributed by atoms with Crippen molar-refractivity contribution in [1.82, 2.24) is 0 Å². The minimum atomic E-state index is -0.177. The Labute approximate surface area is 99.0 Å². The zero-order chi connectivity index (χ0) is 11.4. The van der Waals surface area contributed by atoms with Crippen LogP contribution in [0.15, 0.2) is 22.7 Å². The lowest BCUT2D eigenvalue weighted by atomic mass is 9.91. The van der Waals surface area contributed by atoms with Gasteiger partial charge in [-0.25, -0.2) is 4.39 Å². The Morgan fingerprint density at radius 3 is 2.67 bits per heavy atom. The van der Waals surface area contributed by atoms with E-state index in [4.69, 9.17) is 5.73 Å². The second-order valence-electron chi connectivity index (χ2n) is 3.91. The SMILES string of the molecule is CCCC(N)C(C)c1ccc(Br)cc1F. The van der Waals surface area contributed by atoms with Crippen molar-refractivity contribution in [1.29, 1.82) is 0 Å². The molecule has 0 radical (unpaired) electrons. The Morgan fingerprint density at radius 1 is 1.47 bits per heavy atom. The molecule has 2 atom stereocenters. The van der Waals surface area contributed by atoms with Crippen LogP contribution in [0, 0.1) is 5.82 Å². The standard InChI is InChI=1S/C12H17BrFN/c1-3-4-12(15)8(2)10-6-5-9(13)7-11(10)14/h5-8,12H,3-4,15H2,1-2H3. The molecule has 1 aromatic carbocycles. The summed E-state index contributed by atoms with van der Waals surface area (Å²) in [5, 5.41) is 0. The second-order valence-corrected chi connectivity index (χ2v) is 4.82. The fourth-order valence-electron chi connectivity index (χ4n) is 1.68. The normalized spacial score (nSPS) is 15.0. The van der Waals surface area contributed by atoms with E-state index < -0.39 is 0 Å². The molecule has 1 aromatic rings. The molecule has 0 heterocycles. The van der Waals surface area contributed by atoms with Crippen molar-refractivity contribution in [2.75, 3.05) is 0 Å². The molecule has 1 nitrogen and oxygen atoms in total. The number of halogens is 2. The molecular formula is C12H17BrFN. The van der Waals surface area contributed by atoms with Gasteiger partial charge in [-0.2, -0.15) is 0 Å². The molecule has 84 valence electrons. The van der Waals surface area contributed by atoms with Gasteiger partial charge in [0.15, 0.2) is 0 Å². The maximum absolute atomic E-state index is 13.6. The highest BCUT2D eigenvalue weighted by Gasteiger charge is 2.17. The van der Waals surface area contributed by atoms with Crippen LogP contribution in [0.3, 0.4) is 0 Å². The van der Waals surface area contributed by atoms with Crippen molar-refractivity contribution in [2.45, 2.75) is 38.6 Å². The summed E-state index contributed by atoms with van der Waals surface area (Å²) in [6.07, 6.45) is 1.96. The van der Waals surface area contributed by atoms with Gasteiger partial charge in [-0.15, -0.1) is 0 Å². The fraction of sp³-hybridized carbons (Fsp3) is 0.500. The Morgan fingerprint density at radius 2 is 2.13 bits per heavy atom. The van der Waals surface area contributed by atoms with E-state index in [-0.39, 0.29) is 17.8 Å². The Hall–Kier alpha value is -0.410. The predicted molar refractivity (Wildman–Crippen MR) is 65.4 cm³/mol. The Kier molecular flexibility index (Phi) is 4.74. The summed E-state index contributed by atoms with van der Waals surface area (Å²) in [6.45, 7) is 4.07. The molecule has 0 fully saturated rings. The van der Waals surface area contributed by atoms with Crippen molar-refractivity contribution in [2.24, 2.45) is 5.73 Å². The summed E-state index contributed by atoms with van der Waals surface area (Å²) in [6, 6.07) is 5.18. The first kappa shape index (κ1) is 12.7. The largest absolute Gasteiger partial charge is 0.327 e. The quantitative estimate of drug-likeness (QED) is 0.887. The predicted octanol–water partition coefficient (Wildman–Crippen LogP) is 3.82. The first-order valence-corrected chi connectivity index (χ1v) is 6.06. The molecule has 0 spiro atoms. The molecule has 0 aromatic heterocycles. The topological polar surface area (TPSA) is 26.0 Å². The molecule has 0 saturated heterocycles. The molecule has 0 aliphatic heterocycles. The van der Waals surface area contributed by atoms with Gasteiger partial charge in [-0.05, 0) is 30.0 Å². The van der Waals surface area contributed by atoms with Crippen LogP contribution in [0.1, 0.15) is 38.2 Å². The highest BCUT2D eigenvalue weighted by Crippen LogP contribution is 2.25. The molecule has 0 saturated carbocycles. The van der Waals surface area contributed by atoms with Gasteiger partial charge in [0.25, 0.3) is 0 Å². The molecule has 2 N–H and O–H groups in total. The summed E-state index contributed by atoms with van der Waals surface area (Å²) in [5.74, 6) is -0.110. The van der Waals surface area contributed by atoms with Crippen LogP contribution in [0.5, 0.6) is 0 Å². The van der Waals surface area contributed by atoms with Crippen LogP contribution in [0.2, 0.25) is 0 Å². The zero-order valence-corrected chi connectivity index (χ0v) is 10.7. The Bertz CT molecular complexity index is 327. The van der Waals surface area contributed by atoms with Crippen LogP contribution in [-0.2, 0) is 0 Å². The molecule has 0 bridgehead atoms. The first-order chi connectivity index (χ1) is 7.06. The third-order valence-electron chi connectivity index (χ3n) is 2.72.